The van der Waals surface area contributed by atoms with Crippen LogP contribution < -0.4 is 0 Å². The molecule has 0 amide bonds. The Morgan fingerprint density at radius 2 is 2.27 bits per heavy atom. The van der Waals surface area contributed by atoms with Crippen LogP contribution in [-0.2, 0) is 6.42 Å². The molecule has 3 nitrogen and oxygen atoms in total. The van der Waals surface area contributed by atoms with Gasteiger partial charge >= 0.3 is 5.69 Å². The lowest BCUT2D eigenvalue weighted by atomic mass is 10.1. The van der Waals surface area contributed by atoms with Gasteiger partial charge in [0.25, 0.3) is 0 Å². The van der Waals surface area contributed by atoms with Crippen molar-refractivity contribution in [3.05, 3.63) is 39.7 Å². The van der Waals surface area contributed by atoms with Gasteiger partial charge in [-0.25, -0.2) is 0 Å². The molecule has 1 aromatic carbocycles. The number of halogens is 2. The lowest BCUT2D eigenvalue weighted by Crippen LogP contribution is -2.00. The van der Waals surface area contributed by atoms with Gasteiger partial charge in [-0.05, 0) is 18.4 Å². The molecule has 0 aromatic heterocycles. The maximum atomic E-state index is 13.5. The summed E-state index contributed by atoms with van der Waals surface area (Å²) in [6.07, 6.45) is 1.25. The van der Waals surface area contributed by atoms with Gasteiger partial charge in [-0.1, -0.05) is 35.0 Å². The van der Waals surface area contributed by atoms with Crippen molar-refractivity contribution in [1.29, 1.82) is 0 Å². The highest BCUT2D eigenvalue weighted by Crippen LogP contribution is 2.22. The maximum Gasteiger partial charge on any atom is 0.305 e. The van der Waals surface area contributed by atoms with Crippen molar-refractivity contribution in [1.82, 2.24) is 0 Å². The number of nitrogens with zero attached hydrogens (tertiary/aromatic N) is 1. The topological polar surface area (TPSA) is 43.1 Å². The van der Waals surface area contributed by atoms with Crippen LogP contribution in [0.1, 0.15) is 18.9 Å². The second-order valence-electron chi connectivity index (χ2n) is 3.33. The molecule has 5 heteroatoms. The van der Waals surface area contributed by atoms with Crippen LogP contribution in [-0.4, -0.2) is 9.75 Å². The van der Waals surface area contributed by atoms with Crippen LogP contribution in [0.15, 0.2) is 18.2 Å². The third-order valence-corrected chi connectivity index (χ3v) is 2.52. The fraction of sp³-hybridized carbons (Fsp3) is 0.400. The summed E-state index contributed by atoms with van der Waals surface area (Å²) in [5.74, 6) is -0.712. The van der Waals surface area contributed by atoms with Crippen LogP contribution in [0.3, 0.4) is 0 Å². The minimum atomic E-state index is -0.712. The van der Waals surface area contributed by atoms with E-state index in [9.17, 15) is 14.5 Å². The summed E-state index contributed by atoms with van der Waals surface area (Å²) in [7, 11) is 0. The van der Waals surface area contributed by atoms with E-state index in [0.717, 1.165) is 6.42 Å². The molecule has 0 saturated heterocycles. The van der Waals surface area contributed by atoms with Crippen molar-refractivity contribution in [2.75, 3.05) is 0 Å². The molecule has 0 aliphatic carbocycles. The predicted molar refractivity (Wildman–Crippen MR) is 59.8 cm³/mol. The van der Waals surface area contributed by atoms with Crippen LogP contribution in [0.5, 0.6) is 0 Å². The molecule has 0 fully saturated rings. The summed E-state index contributed by atoms with van der Waals surface area (Å²) < 4.78 is 13.5. The number of alkyl halides is 1. The quantitative estimate of drug-likeness (QED) is 0.480. The number of benzene rings is 1. The van der Waals surface area contributed by atoms with Crippen molar-refractivity contribution in [2.45, 2.75) is 24.6 Å². The SMILES string of the molecule is CC(Br)CCc1cccc([N+](=O)[O-])c1F. The molecule has 0 aliphatic rings. The highest BCUT2D eigenvalue weighted by Gasteiger charge is 2.16. The predicted octanol–water partition coefficient (Wildman–Crippen LogP) is 3.45. The monoisotopic (exact) mass is 275 g/mol. The smallest absolute Gasteiger partial charge is 0.258 e. The Morgan fingerprint density at radius 3 is 2.80 bits per heavy atom. The van der Waals surface area contributed by atoms with Crippen molar-refractivity contribution in [3.63, 3.8) is 0 Å². The summed E-state index contributed by atoms with van der Waals surface area (Å²) >= 11 is 3.35. The van der Waals surface area contributed by atoms with Crippen molar-refractivity contribution >= 4 is 21.6 Å². The number of nitro benzene ring substituents is 1. The van der Waals surface area contributed by atoms with E-state index in [-0.39, 0.29) is 4.83 Å². The summed E-state index contributed by atoms with van der Waals surface area (Å²) in [6, 6.07) is 4.27. The van der Waals surface area contributed by atoms with Gasteiger partial charge in [0.15, 0.2) is 0 Å². The highest BCUT2D eigenvalue weighted by molar-refractivity contribution is 9.09. The fourth-order valence-corrected chi connectivity index (χ4v) is 1.48. The molecular weight excluding hydrogens is 265 g/mol. The molecule has 0 spiro atoms. The third-order valence-electron chi connectivity index (χ3n) is 2.07. The number of nitro groups is 1. The molecule has 1 aromatic rings. The first-order valence-electron chi connectivity index (χ1n) is 4.58. The van der Waals surface area contributed by atoms with E-state index in [4.69, 9.17) is 0 Å². The van der Waals surface area contributed by atoms with Gasteiger partial charge in [0.1, 0.15) is 0 Å². The zero-order valence-electron chi connectivity index (χ0n) is 8.24. The molecule has 1 unspecified atom stereocenters. The Balaban J connectivity index is 2.89. The third kappa shape index (κ3) is 3.27. The summed E-state index contributed by atoms with van der Waals surface area (Å²) in [6.45, 7) is 1.95. The lowest BCUT2D eigenvalue weighted by Gasteiger charge is -2.04. The molecule has 82 valence electrons. The Kier molecular flexibility index (Phi) is 4.20. The van der Waals surface area contributed by atoms with E-state index in [1.807, 2.05) is 6.92 Å². The molecule has 0 heterocycles. The van der Waals surface area contributed by atoms with Crippen molar-refractivity contribution < 1.29 is 9.31 Å². The highest BCUT2D eigenvalue weighted by atomic mass is 79.9. The normalized spacial score (nSPS) is 12.5. The van der Waals surface area contributed by atoms with E-state index in [2.05, 4.69) is 15.9 Å². The summed E-state index contributed by atoms with van der Waals surface area (Å²) in [4.78, 5) is 10.0. The molecule has 15 heavy (non-hydrogen) atoms. The second kappa shape index (κ2) is 5.21. The zero-order chi connectivity index (χ0) is 11.4. The van der Waals surface area contributed by atoms with E-state index >= 15 is 0 Å². The molecule has 1 rings (SSSR count). The Bertz CT molecular complexity index is 368. The first-order valence-corrected chi connectivity index (χ1v) is 5.49. The molecule has 0 radical (unpaired) electrons. The van der Waals surface area contributed by atoms with Crippen LogP contribution in [0, 0.1) is 15.9 Å². The number of aryl methyl sites for hydroxylation is 1. The van der Waals surface area contributed by atoms with E-state index in [1.165, 1.54) is 12.1 Å². The zero-order valence-corrected chi connectivity index (χ0v) is 9.83. The van der Waals surface area contributed by atoms with Gasteiger partial charge in [0, 0.05) is 10.9 Å². The van der Waals surface area contributed by atoms with Crippen LogP contribution in [0.2, 0.25) is 0 Å². The average Bonchev–Trinajstić information content (AvgIpc) is 2.15. The molecular formula is C10H11BrFNO2. The van der Waals surface area contributed by atoms with Gasteiger partial charge in [0.05, 0.1) is 4.92 Å². The van der Waals surface area contributed by atoms with E-state index in [1.54, 1.807) is 6.07 Å². The van der Waals surface area contributed by atoms with Crippen LogP contribution in [0.25, 0.3) is 0 Å². The van der Waals surface area contributed by atoms with Gasteiger partial charge in [-0.2, -0.15) is 4.39 Å². The number of rotatable bonds is 4. The number of hydrogen-bond acceptors (Lipinski definition) is 2. The molecule has 1 atom stereocenters. The summed E-state index contributed by atoms with van der Waals surface area (Å²) in [5, 5.41) is 10.5. The first-order chi connectivity index (χ1) is 7.02. The summed E-state index contributed by atoms with van der Waals surface area (Å²) in [5.41, 5.74) is -0.0507. The molecule has 0 aliphatic heterocycles. The largest absolute Gasteiger partial charge is 0.305 e. The molecule has 0 bridgehead atoms. The van der Waals surface area contributed by atoms with Crippen LogP contribution >= 0.6 is 15.9 Å². The van der Waals surface area contributed by atoms with Crippen LogP contribution in [0.4, 0.5) is 10.1 Å². The molecule has 0 N–H and O–H groups in total. The Morgan fingerprint density at radius 1 is 1.60 bits per heavy atom. The minimum absolute atomic E-state index is 0.274. The fourth-order valence-electron chi connectivity index (χ4n) is 1.25. The first kappa shape index (κ1) is 12.1. The van der Waals surface area contributed by atoms with Gasteiger partial charge < -0.3 is 0 Å². The lowest BCUT2D eigenvalue weighted by molar-refractivity contribution is -0.387. The van der Waals surface area contributed by atoms with Crippen molar-refractivity contribution in [3.8, 4) is 0 Å². The Hall–Kier alpha value is -0.970. The average molecular weight is 276 g/mol. The minimum Gasteiger partial charge on any atom is -0.258 e. The molecule has 0 saturated carbocycles. The van der Waals surface area contributed by atoms with E-state index in [0.29, 0.717) is 12.0 Å². The van der Waals surface area contributed by atoms with Gasteiger partial charge in [-0.15, -0.1) is 0 Å². The second-order valence-corrected chi connectivity index (χ2v) is 4.89. The maximum absolute atomic E-state index is 13.5. The van der Waals surface area contributed by atoms with Crippen molar-refractivity contribution in [2.24, 2.45) is 0 Å². The van der Waals surface area contributed by atoms with Gasteiger partial charge in [-0.3, -0.25) is 10.1 Å². The standard InChI is InChI=1S/C10H11BrFNO2/c1-7(11)5-6-8-3-2-4-9(10(8)12)13(14)15/h2-4,7H,5-6H2,1H3. The van der Waals surface area contributed by atoms with Gasteiger partial charge in [0.2, 0.25) is 5.82 Å². The van der Waals surface area contributed by atoms with E-state index < -0.39 is 16.4 Å². The Labute approximate surface area is 95.6 Å². The number of hydrogen-bond donors (Lipinski definition) is 0.